The first-order valence-corrected chi connectivity index (χ1v) is 5.44. The second-order valence-electron chi connectivity index (χ2n) is 3.40. The molecule has 0 saturated carbocycles. The topological polar surface area (TPSA) is 76.8 Å². The Hall–Kier alpha value is -2.02. The molecule has 7 heteroatoms. The maximum Gasteiger partial charge on any atom is 0.269 e. The predicted molar refractivity (Wildman–Crippen MR) is 65.2 cm³/mol. The summed E-state index contributed by atoms with van der Waals surface area (Å²) < 4.78 is 2.37. The summed E-state index contributed by atoms with van der Waals surface area (Å²) in [6, 6.07) is 6.23. The van der Waals surface area contributed by atoms with Crippen molar-refractivity contribution >= 4 is 17.9 Å². The van der Waals surface area contributed by atoms with E-state index in [4.69, 9.17) is 12.2 Å². The van der Waals surface area contributed by atoms with Gasteiger partial charge in [-0.2, -0.15) is 5.10 Å². The van der Waals surface area contributed by atoms with Crippen molar-refractivity contribution in [2.45, 2.75) is 13.5 Å². The highest BCUT2D eigenvalue weighted by Gasteiger charge is 2.09. The van der Waals surface area contributed by atoms with Crippen LogP contribution in [0.1, 0.15) is 6.92 Å². The maximum atomic E-state index is 10.5. The molecule has 0 spiro atoms. The van der Waals surface area contributed by atoms with Gasteiger partial charge in [0, 0.05) is 24.2 Å². The average molecular weight is 250 g/mol. The van der Waals surface area contributed by atoms with Crippen LogP contribution in [0.25, 0.3) is 11.4 Å². The van der Waals surface area contributed by atoms with E-state index in [-0.39, 0.29) is 5.69 Å². The van der Waals surface area contributed by atoms with E-state index in [1.54, 1.807) is 12.1 Å². The summed E-state index contributed by atoms with van der Waals surface area (Å²) in [6.07, 6.45) is 0. The van der Waals surface area contributed by atoms with Gasteiger partial charge in [0.2, 0.25) is 0 Å². The number of nitrogens with one attached hydrogen (secondary N) is 1. The van der Waals surface area contributed by atoms with Gasteiger partial charge in [-0.1, -0.05) is 0 Å². The van der Waals surface area contributed by atoms with Crippen molar-refractivity contribution < 1.29 is 4.92 Å². The van der Waals surface area contributed by atoms with E-state index in [0.717, 1.165) is 5.56 Å². The van der Waals surface area contributed by atoms with E-state index >= 15 is 0 Å². The third-order valence-corrected chi connectivity index (χ3v) is 2.72. The SMILES string of the molecule is CCn1c(-c2ccc([N+](=O)[O-])cc2)n[nH]c1=S. The predicted octanol–water partition coefficient (Wildman–Crippen LogP) is 2.54. The van der Waals surface area contributed by atoms with Crippen molar-refractivity contribution in [1.29, 1.82) is 0 Å². The first-order chi connectivity index (χ1) is 8.13. The lowest BCUT2D eigenvalue weighted by atomic mass is 10.2. The molecule has 6 nitrogen and oxygen atoms in total. The van der Waals surface area contributed by atoms with Crippen LogP contribution in [0.4, 0.5) is 5.69 Å². The van der Waals surface area contributed by atoms with Crippen LogP contribution < -0.4 is 0 Å². The van der Waals surface area contributed by atoms with Gasteiger partial charge in [0.1, 0.15) is 0 Å². The molecule has 17 heavy (non-hydrogen) atoms. The minimum absolute atomic E-state index is 0.0610. The largest absolute Gasteiger partial charge is 0.300 e. The molecule has 0 aliphatic carbocycles. The smallest absolute Gasteiger partial charge is 0.269 e. The Kier molecular flexibility index (Phi) is 3.01. The number of hydrogen-bond acceptors (Lipinski definition) is 4. The third kappa shape index (κ3) is 2.09. The monoisotopic (exact) mass is 250 g/mol. The average Bonchev–Trinajstić information content (AvgIpc) is 2.70. The molecule has 0 aliphatic heterocycles. The molecule has 0 radical (unpaired) electrons. The van der Waals surface area contributed by atoms with Crippen molar-refractivity contribution in [3.8, 4) is 11.4 Å². The second-order valence-corrected chi connectivity index (χ2v) is 3.79. The van der Waals surface area contributed by atoms with E-state index in [1.165, 1.54) is 12.1 Å². The normalized spacial score (nSPS) is 10.4. The molecule has 1 aromatic carbocycles. The van der Waals surface area contributed by atoms with Crippen LogP contribution in [-0.2, 0) is 6.54 Å². The van der Waals surface area contributed by atoms with Crippen molar-refractivity contribution in [3.63, 3.8) is 0 Å². The lowest BCUT2D eigenvalue weighted by Crippen LogP contribution is -1.97. The number of non-ortho nitro benzene ring substituents is 1. The summed E-state index contributed by atoms with van der Waals surface area (Å²) in [5.41, 5.74) is 0.857. The fourth-order valence-electron chi connectivity index (χ4n) is 1.56. The number of H-pyrrole nitrogens is 1. The number of nitro benzene ring substituents is 1. The van der Waals surface area contributed by atoms with Crippen LogP contribution in [0, 0.1) is 14.9 Å². The fraction of sp³-hybridized carbons (Fsp3) is 0.200. The number of aromatic nitrogens is 3. The van der Waals surface area contributed by atoms with Crippen molar-refractivity contribution in [1.82, 2.24) is 14.8 Å². The van der Waals surface area contributed by atoms with E-state index in [0.29, 0.717) is 17.1 Å². The molecule has 1 heterocycles. The molecule has 2 aromatic rings. The standard InChI is InChI=1S/C10H10N4O2S/c1-2-13-9(11-12-10(13)17)7-3-5-8(6-4-7)14(15)16/h3-6H,2H2,1H3,(H,12,17). The maximum absolute atomic E-state index is 10.5. The number of nitrogens with zero attached hydrogens (tertiary/aromatic N) is 3. The highest BCUT2D eigenvalue weighted by molar-refractivity contribution is 7.71. The zero-order valence-corrected chi connectivity index (χ0v) is 9.90. The molecule has 0 atom stereocenters. The number of nitro groups is 1. The van der Waals surface area contributed by atoms with Gasteiger partial charge < -0.3 is 4.57 Å². The molecule has 1 aromatic heterocycles. The fourth-order valence-corrected chi connectivity index (χ4v) is 1.82. The Morgan fingerprint density at radius 3 is 2.65 bits per heavy atom. The van der Waals surface area contributed by atoms with E-state index < -0.39 is 4.92 Å². The van der Waals surface area contributed by atoms with Gasteiger partial charge in [-0.25, -0.2) is 0 Å². The van der Waals surface area contributed by atoms with Crippen molar-refractivity contribution in [3.05, 3.63) is 39.2 Å². The molecule has 1 N–H and O–H groups in total. The van der Waals surface area contributed by atoms with E-state index in [2.05, 4.69) is 10.2 Å². The molecule has 0 fully saturated rings. The number of hydrogen-bond donors (Lipinski definition) is 1. The van der Waals surface area contributed by atoms with Gasteiger partial charge in [0.15, 0.2) is 10.6 Å². The van der Waals surface area contributed by atoms with Crippen molar-refractivity contribution in [2.24, 2.45) is 0 Å². The number of benzene rings is 1. The Morgan fingerprint density at radius 2 is 2.12 bits per heavy atom. The summed E-state index contributed by atoms with van der Waals surface area (Å²) in [7, 11) is 0. The number of aromatic amines is 1. The van der Waals surface area contributed by atoms with E-state index in [1.807, 2.05) is 11.5 Å². The van der Waals surface area contributed by atoms with Crippen LogP contribution in [0.3, 0.4) is 0 Å². The highest BCUT2D eigenvalue weighted by atomic mass is 32.1. The molecule has 0 unspecified atom stereocenters. The molecule has 0 amide bonds. The lowest BCUT2D eigenvalue weighted by molar-refractivity contribution is -0.384. The highest BCUT2D eigenvalue weighted by Crippen LogP contribution is 2.20. The summed E-state index contributed by atoms with van der Waals surface area (Å²) in [5.74, 6) is 0.687. The zero-order chi connectivity index (χ0) is 12.4. The first kappa shape index (κ1) is 11.5. The molecule has 88 valence electrons. The van der Waals surface area contributed by atoms with Gasteiger partial charge in [-0.05, 0) is 31.3 Å². The Bertz CT molecular complexity index is 600. The molecule has 2 rings (SSSR count). The van der Waals surface area contributed by atoms with Crippen LogP contribution in [0.2, 0.25) is 0 Å². The summed E-state index contributed by atoms with van der Waals surface area (Å²) in [4.78, 5) is 10.1. The molecular formula is C10H10N4O2S. The van der Waals surface area contributed by atoms with Gasteiger partial charge in [0.25, 0.3) is 5.69 Å². The molecule has 0 bridgehead atoms. The molecular weight excluding hydrogens is 240 g/mol. The van der Waals surface area contributed by atoms with Gasteiger partial charge in [0.05, 0.1) is 4.92 Å². The van der Waals surface area contributed by atoms with Gasteiger partial charge in [-0.15, -0.1) is 0 Å². The summed E-state index contributed by atoms with van der Waals surface area (Å²) in [6.45, 7) is 2.65. The van der Waals surface area contributed by atoms with E-state index in [9.17, 15) is 10.1 Å². The Balaban J connectivity index is 2.46. The van der Waals surface area contributed by atoms with Crippen LogP contribution in [0.15, 0.2) is 24.3 Å². The van der Waals surface area contributed by atoms with Crippen LogP contribution >= 0.6 is 12.2 Å². The zero-order valence-electron chi connectivity index (χ0n) is 9.08. The van der Waals surface area contributed by atoms with Gasteiger partial charge in [-0.3, -0.25) is 15.2 Å². The molecule has 0 aliphatic rings. The Labute approximate surface area is 102 Å². The summed E-state index contributed by atoms with van der Waals surface area (Å²) >= 11 is 5.08. The lowest BCUT2D eigenvalue weighted by Gasteiger charge is -2.02. The summed E-state index contributed by atoms with van der Waals surface area (Å²) in [5, 5.41) is 17.4. The molecule has 0 saturated heterocycles. The Morgan fingerprint density at radius 1 is 1.47 bits per heavy atom. The third-order valence-electron chi connectivity index (χ3n) is 2.41. The minimum Gasteiger partial charge on any atom is -0.300 e. The minimum atomic E-state index is -0.430. The first-order valence-electron chi connectivity index (χ1n) is 5.03. The number of rotatable bonds is 3. The quantitative estimate of drug-likeness (QED) is 0.516. The second kappa shape index (κ2) is 4.46. The van der Waals surface area contributed by atoms with Crippen molar-refractivity contribution in [2.75, 3.05) is 0 Å². The van der Waals surface area contributed by atoms with Crippen LogP contribution in [-0.4, -0.2) is 19.7 Å². The van der Waals surface area contributed by atoms with Crippen LogP contribution in [0.5, 0.6) is 0 Å². The van der Waals surface area contributed by atoms with Gasteiger partial charge >= 0.3 is 0 Å².